The Kier molecular flexibility index (Phi) is 6.80. The van der Waals surface area contributed by atoms with Crippen molar-refractivity contribution in [2.75, 3.05) is 0 Å². The van der Waals surface area contributed by atoms with Crippen LogP contribution in [0, 0.1) is 0 Å². The van der Waals surface area contributed by atoms with E-state index in [1.165, 1.54) is 111 Å². The highest BCUT2D eigenvalue weighted by Gasteiger charge is 2.47. The Labute approximate surface area is 342 Å². The molecule has 2 aliphatic carbocycles. The highest BCUT2D eigenvalue weighted by atomic mass is 15.0. The van der Waals surface area contributed by atoms with E-state index in [0.717, 1.165) is 12.8 Å². The second-order valence-electron chi connectivity index (χ2n) is 16.6. The molecule has 0 unspecified atom stereocenters. The van der Waals surface area contributed by atoms with Gasteiger partial charge in [-0.3, -0.25) is 0 Å². The molecule has 0 saturated carbocycles. The summed E-state index contributed by atoms with van der Waals surface area (Å²) in [4.78, 5) is 0. The summed E-state index contributed by atoms with van der Waals surface area (Å²) in [6.07, 6.45) is 2.02. The summed E-state index contributed by atoms with van der Waals surface area (Å²) in [5, 5.41) is 5.14. The lowest BCUT2D eigenvalue weighted by Crippen LogP contribution is -2.26. The first-order valence-electron chi connectivity index (χ1n) is 20.8. The minimum Gasteiger partial charge on any atom is -0.309 e. The molecule has 0 N–H and O–H groups in total. The maximum atomic E-state index is 2.51. The lowest BCUT2D eigenvalue weighted by atomic mass is 9.74. The Morgan fingerprint density at radius 1 is 0.305 bits per heavy atom. The molecule has 59 heavy (non-hydrogen) atoms. The average Bonchev–Trinajstić information content (AvgIpc) is 4.03. The maximum absolute atomic E-state index is 2.51. The number of benzene rings is 9. The molecule has 2 aromatic heterocycles. The lowest BCUT2D eigenvalue weighted by Gasteiger charge is -2.27. The zero-order valence-electron chi connectivity index (χ0n) is 32.4. The molecular weight excluding hydrogens is 713 g/mol. The third-order valence-electron chi connectivity index (χ3n) is 13.5. The molecule has 2 aliphatic rings. The Morgan fingerprint density at radius 3 is 1.00 bits per heavy atom. The first-order valence-corrected chi connectivity index (χ1v) is 20.8. The van der Waals surface area contributed by atoms with Crippen molar-refractivity contribution in [2.45, 2.75) is 18.3 Å². The van der Waals surface area contributed by atoms with Crippen LogP contribution in [0.4, 0.5) is 0 Å². The molecule has 0 bridgehead atoms. The number of nitrogens with zero attached hydrogens (tertiary/aromatic N) is 2. The van der Waals surface area contributed by atoms with E-state index in [0.29, 0.717) is 0 Å². The Balaban J connectivity index is 0.894. The van der Waals surface area contributed by atoms with Gasteiger partial charge in [0, 0.05) is 38.3 Å². The van der Waals surface area contributed by atoms with Crippen molar-refractivity contribution in [2.24, 2.45) is 0 Å². The van der Waals surface area contributed by atoms with Crippen LogP contribution in [-0.2, 0) is 18.3 Å². The van der Waals surface area contributed by atoms with Gasteiger partial charge in [0.25, 0.3) is 0 Å². The van der Waals surface area contributed by atoms with E-state index < -0.39 is 0 Å². The number of fused-ring (bicyclic) bond motifs is 12. The van der Waals surface area contributed by atoms with E-state index in [2.05, 4.69) is 215 Å². The normalized spacial score (nSPS) is 13.8. The predicted molar refractivity (Wildman–Crippen MR) is 246 cm³/mol. The Morgan fingerprint density at radius 2 is 0.627 bits per heavy atom. The minimum absolute atomic E-state index is 0.119. The molecule has 11 aromatic rings. The number of aromatic nitrogens is 2. The Hall–Kier alpha value is -7.42. The fourth-order valence-electron chi connectivity index (χ4n) is 10.9. The van der Waals surface area contributed by atoms with Crippen molar-refractivity contribution < 1.29 is 0 Å². The molecule has 276 valence electrons. The van der Waals surface area contributed by atoms with Gasteiger partial charge in [0.1, 0.15) is 0 Å². The second kappa shape index (κ2) is 12.3. The molecule has 0 fully saturated rings. The van der Waals surface area contributed by atoms with Crippen molar-refractivity contribution >= 4 is 43.6 Å². The van der Waals surface area contributed by atoms with Crippen LogP contribution in [0.1, 0.15) is 22.3 Å². The summed E-state index contributed by atoms with van der Waals surface area (Å²) in [5.41, 5.74) is 20.8. The SMILES string of the molecule is c1ccc2c(c1)CC1(C2)c2cc(-c3ccc(-n4c5ccccc5c5ccccc54)cc3)ccc2-c2ccc(-c3ccc(-n4c5ccccc5c5ccccc54)cc3)cc21. The molecular formula is C57H38N2. The largest absolute Gasteiger partial charge is 0.309 e. The average molecular weight is 751 g/mol. The van der Waals surface area contributed by atoms with Crippen molar-refractivity contribution in [3.05, 3.63) is 229 Å². The van der Waals surface area contributed by atoms with Gasteiger partial charge < -0.3 is 9.13 Å². The summed E-state index contributed by atoms with van der Waals surface area (Å²) in [7, 11) is 0. The van der Waals surface area contributed by atoms with Crippen LogP contribution in [0.2, 0.25) is 0 Å². The second-order valence-corrected chi connectivity index (χ2v) is 16.6. The van der Waals surface area contributed by atoms with Gasteiger partial charge in [-0.15, -0.1) is 0 Å². The summed E-state index contributed by atoms with van der Waals surface area (Å²) < 4.78 is 4.79. The van der Waals surface area contributed by atoms with E-state index in [9.17, 15) is 0 Å². The van der Waals surface area contributed by atoms with Crippen molar-refractivity contribution in [3.63, 3.8) is 0 Å². The number of para-hydroxylation sites is 4. The van der Waals surface area contributed by atoms with Crippen LogP contribution >= 0.6 is 0 Å². The van der Waals surface area contributed by atoms with Crippen LogP contribution in [0.5, 0.6) is 0 Å². The fraction of sp³-hybridized carbons (Fsp3) is 0.0526. The fourth-order valence-corrected chi connectivity index (χ4v) is 10.9. The lowest BCUT2D eigenvalue weighted by molar-refractivity contribution is 0.564. The summed E-state index contributed by atoms with van der Waals surface area (Å²) in [6.45, 7) is 0. The molecule has 0 radical (unpaired) electrons. The Bertz CT molecular complexity index is 3150. The third-order valence-corrected chi connectivity index (χ3v) is 13.5. The highest BCUT2D eigenvalue weighted by Crippen LogP contribution is 2.56. The number of hydrogen-bond donors (Lipinski definition) is 0. The first kappa shape index (κ1) is 32.6. The van der Waals surface area contributed by atoms with Crippen LogP contribution < -0.4 is 0 Å². The molecule has 13 rings (SSSR count). The van der Waals surface area contributed by atoms with Crippen LogP contribution in [-0.4, -0.2) is 9.13 Å². The van der Waals surface area contributed by atoms with Gasteiger partial charge >= 0.3 is 0 Å². The number of hydrogen-bond acceptors (Lipinski definition) is 0. The zero-order valence-corrected chi connectivity index (χ0v) is 32.4. The standard InChI is InChI=1S/C57H38N2/c1-2-12-42-36-57(35-41(42)11-1)51-33-39(37-21-27-43(28-22-37)58-53-17-7-3-13-47(53)48-14-4-8-18-54(48)58)25-31-45(51)46-32-26-40(34-52(46)57)38-23-29-44(30-24-38)59-55-19-9-5-15-49(55)50-16-6-10-20-56(50)59/h1-34H,35-36H2. The van der Waals surface area contributed by atoms with Crippen LogP contribution in [0.25, 0.3) is 88.4 Å². The van der Waals surface area contributed by atoms with Crippen molar-refractivity contribution in [1.82, 2.24) is 9.13 Å². The molecule has 0 saturated heterocycles. The summed E-state index contributed by atoms with van der Waals surface area (Å²) in [5.74, 6) is 0. The summed E-state index contributed by atoms with van der Waals surface area (Å²) >= 11 is 0. The zero-order chi connectivity index (χ0) is 38.7. The molecule has 9 aromatic carbocycles. The topological polar surface area (TPSA) is 9.86 Å². The highest BCUT2D eigenvalue weighted by molar-refractivity contribution is 6.10. The third kappa shape index (κ3) is 4.69. The molecule has 0 aliphatic heterocycles. The van der Waals surface area contributed by atoms with Gasteiger partial charge in [-0.2, -0.15) is 0 Å². The van der Waals surface area contributed by atoms with Gasteiger partial charge in [0.05, 0.1) is 22.1 Å². The van der Waals surface area contributed by atoms with E-state index >= 15 is 0 Å². The molecule has 2 heterocycles. The van der Waals surface area contributed by atoms with Crippen LogP contribution in [0.3, 0.4) is 0 Å². The first-order chi connectivity index (χ1) is 29.2. The predicted octanol–water partition coefficient (Wildman–Crippen LogP) is 14.3. The van der Waals surface area contributed by atoms with Crippen LogP contribution in [0.15, 0.2) is 206 Å². The van der Waals surface area contributed by atoms with Gasteiger partial charge in [-0.05, 0) is 129 Å². The van der Waals surface area contributed by atoms with E-state index in [-0.39, 0.29) is 5.41 Å². The molecule has 1 spiro atoms. The van der Waals surface area contributed by atoms with Gasteiger partial charge in [-0.1, -0.05) is 146 Å². The van der Waals surface area contributed by atoms with E-state index in [1.807, 2.05) is 0 Å². The molecule has 2 heteroatoms. The van der Waals surface area contributed by atoms with Crippen molar-refractivity contribution in [3.8, 4) is 44.8 Å². The molecule has 0 amide bonds. The molecule has 0 atom stereocenters. The smallest absolute Gasteiger partial charge is 0.0541 e. The van der Waals surface area contributed by atoms with E-state index in [4.69, 9.17) is 0 Å². The molecule has 2 nitrogen and oxygen atoms in total. The summed E-state index contributed by atoms with van der Waals surface area (Å²) in [6, 6.07) is 76.9. The quantitative estimate of drug-likeness (QED) is 0.170. The van der Waals surface area contributed by atoms with E-state index in [1.54, 1.807) is 0 Å². The van der Waals surface area contributed by atoms with Crippen molar-refractivity contribution in [1.29, 1.82) is 0 Å². The monoisotopic (exact) mass is 750 g/mol. The van der Waals surface area contributed by atoms with Gasteiger partial charge in [-0.25, -0.2) is 0 Å². The maximum Gasteiger partial charge on any atom is 0.0541 e. The van der Waals surface area contributed by atoms with Gasteiger partial charge in [0.15, 0.2) is 0 Å². The minimum atomic E-state index is -0.119. The van der Waals surface area contributed by atoms with Gasteiger partial charge in [0.2, 0.25) is 0 Å². The number of rotatable bonds is 4.